The lowest BCUT2D eigenvalue weighted by atomic mass is 9.92. The molecule has 28 heavy (non-hydrogen) atoms. The van der Waals surface area contributed by atoms with Gasteiger partial charge < -0.3 is 44.9 Å². The van der Waals surface area contributed by atoms with Gasteiger partial charge in [-0.3, -0.25) is 4.79 Å². The zero-order valence-electron chi connectivity index (χ0n) is 14.1. The summed E-state index contributed by atoms with van der Waals surface area (Å²) in [7, 11) is 0. The number of hydrogen-bond acceptors (Lipinski definition) is 10. The number of benzene rings is 2. The number of aliphatic hydroxyl groups is 3. The molecule has 0 unspecified atom stereocenters. The van der Waals surface area contributed by atoms with Crippen molar-refractivity contribution in [1.29, 1.82) is 0 Å². The average molecular weight is 392 g/mol. The summed E-state index contributed by atoms with van der Waals surface area (Å²) in [5.41, 5.74) is -1.43. The van der Waals surface area contributed by atoms with E-state index in [1.54, 1.807) is 0 Å². The van der Waals surface area contributed by atoms with Crippen LogP contribution in [0.4, 0.5) is 0 Å². The highest BCUT2D eigenvalue weighted by atomic mass is 16.5. The lowest BCUT2D eigenvalue weighted by molar-refractivity contribution is -0.189. The van der Waals surface area contributed by atoms with E-state index in [1.807, 2.05) is 0 Å². The maximum atomic E-state index is 12.8. The molecule has 10 heteroatoms. The maximum absolute atomic E-state index is 12.8. The predicted octanol–water partition coefficient (Wildman–Crippen LogP) is -0.0774. The van der Waals surface area contributed by atoms with Gasteiger partial charge in [0.15, 0.2) is 11.5 Å². The molecule has 3 aromatic rings. The molecular formula is C18H16O10. The van der Waals surface area contributed by atoms with Gasteiger partial charge in [-0.25, -0.2) is 0 Å². The average Bonchev–Trinajstić information content (AvgIpc) is 2.63. The molecule has 148 valence electrons. The number of phenolic OH excluding ortho intramolecular Hbond substituents is 4. The van der Waals surface area contributed by atoms with Gasteiger partial charge in [0, 0.05) is 12.1 Å². The van der Waals surface area contributed by atoms with Crippen molar-refractivity contribution in [3.05, 3.63) is 34.0 Å². The number of rotatable bonds is 1. The molecule has 0 spiro atoms. The minimum Gasteiger partial charge on any atom is -0.507 e. The van der Waals surface area contributed by atoms with Crippen molar-refractivity contribution in [3.63, 3.8) is 0 Å². The molecule has 0 aliphatic carbocycles. The van der Waals surface area contributed by atoms with Crippen LogP contribution in [0.2, 0.25) is 0 Å². The molecule has 4 atom stereocenters. The Labute approximate surface area is 155 Å². The van der Waals surface area contributed by atoms with E-state index >= 15 is 0 Å². The number of aromatic hydroxyl groups is 4. The summed E-state index contributed by atoms with van der Waals surface area (Å²) in [6, 6.07) is 3.00. The van der Waals surface area contributed by atoms with E-state index in [1.165, 1.54) is 0 Å². The number of ether oxygens (including phenoxy) is 1. The number of fused-ring (bicyclic) bond motifs is 2. The van der Waals surface area contributed by atoms with E-state index < -0.39 is 52.8 Å². The van der Waals surface area contributed by atoms with Crippen molar-refractivity contribution >= 4 is 21.9 Å². The second kappa shape index (κ2) is 6.24. The molecule has 1 saturated heterocycles. The Morgan fingerprint density at radius 3 is 2.21 bits per heavy atom. The maximum Gasteiger partial charge on any atom is 0.204 e. The SMILES string of the molecule is O=c1c2cc(O)c(O)cc2oc2cc(O)c([C@@H]3OC[C@@H](O)[C@H](O)[C@H]3O)c(O)c12. The zero-order valence-corrected chi connectivity index (χ0v) is 14.1. The minimum absolute atomic E-state index is 0.0909. The lowest BCUT2D eigenvalue weighted by Crippen LogP contribution is -2.49. The third-order valence-corrected chi connectivity index (χ3v) is 4.84. The highest BCUT2D eigenvalue weighted by molar-refractivity contribution is 5.96. The van der Waals surface area contributed by atoms with Crippen LogP contribution in [0.15, 0.2) is 27.4 Å². The molecule has 0 saturated carbocycles. The van der Waals surface area contributed by atoms with E-state index in [-0.39, 0.29) is 34.1 Å². The topological polar surface area (TPSA) is 181 Å². The molecule has 1 aliphatic heterocycles. The van der Waals surface area contributed by atoms with Crippen molar-refractivity contribution in [3.8, 4) is 23.0 Å². The Kier molecular flexibility index (Phi) is 4.08. The monoisotopic (exact) mass is 392 g/mol. The summed E-state index contributed by atoms with van der Waals surface area (Å²) < 4.78 is 10.7. The first-order valence-corrected chi connectivity index (χ1v) is 8.23. The molecule has 0 bridgehead atoms. The van der Waals surface area contributed by atoms with Crippen LogP contribution >= 0.6 is 0 Å². The van der Waals surface area contributed by atoms with Crippen molar-refractivity contribution in [2.75, 3.05) is 6.61 Å². The fourth-order valence-electron chi connectivity index (χ4n) is 3.36. The van der Waals surface area contributed by atoms with Crippen molar-refractivity contribution in [2.45, 2.75) is 24.4 Å². The molecule has 4 rings (SSSR count). The Morgan fingerprint density at radius 1 is 0.857 bits per heavy atom. The molecule has 1 aromatic heterocycles. The molecule has 2 aromatic carbocycles. The molecular weight excluding hydrogens is 376 g/mol. The van der Waals surface area contributed by atoms with Gasteiger partial charge in [0.05, 0.1) is 17.6 Å². The minimum atomic E-state index is -1.69. The van der Waals surface area contributed by atoms with Gasteiger partial charge in [0.2, 0.25) is 5.43 Å². The van der Waals surface area contributed by atoms with Crippen LogP contribution in [0.1, 0.15) is 11.7 Å². The van der Waals surface area contributed by atoms with Crippen molar-refractivity contribution < 1.29 is 44.9 Å². The molecule has 10 nitrogen and oxygen atoms in total. The first-order valence-electron chi connectivity index (χ1n) is 8.23. The number of aliphatic hydroxyl groups excluding tert-OH is 3. The summed E-state index contributed by atoms with van der Waals surface area (Å²) >= 11 is 0. The molecule has 1 fully saturated rings. The van der Waals surface area contributed by atoms with E-state index in [2.05, 4.69) is 0 Å². The second-order valence-electron chi connectivity index (χ2n) is 6.60. The lowest BCUT2D eigenvalue weighted by Gasteiger charge is -2.35. The van der Waals surface area contributed by atoms with E-state index in [0.717, 1.165) is 18.2 Å². The summed E-state index contributed by atoms with van der Waals surface area (Å²) in [5, 5.41) is 69.3. The summed E-state index contributed by atoms with van der Waals surface area (Å²) in [6.45, 7) is -0.376. The van der Waals surface area contributed by atoms with Crippen LogP contribution in [0.3, 0.4) is 0 Å². The highest BCUT2D eigenvalue weighted by Crippen LogP contribution is 2.44. The first-order chi connectivity index (χ1) is 13.2. The Morgan fingerprint density at radius 2 is 1.50 bits per heavy atom. The Bertz CT molecular complexity index is 1150. The van der Waals surface area contributed by atoms with E-state index in [9.17, 15) is 40.5 Å². The van der Waals surface area contributed by atoms with Crippen molar-refractivity contribution in [2.24, 2.45) is 0 Å². The molecule has 1 aliphatic rings. The summed E-state index contributed by atoms with van der Waals surface area (Å²) in [6.07, 6.45) is -6.07. The van der Waals surface area contributed by atoms with Crippen molar-refractivity contribution in [1.82, 2.24) is 0 Å². The molecule has 2 heterocycles. The fraction of sp³-hybridized carbons (Fsp3) is 0.278. The molecule has 7 N–H and O–H groups in total. The Hall–Kier alpha value is -3.05. The Balaban J connectivity index is 2.00. The number of hydrogen-bond donors (Lipinski definition) is 7. The van der Waals surface area contributed by atoms with Crippen LogP contribution < -0.4 is 5.43 Å². The smallest absolute Gasteiger partial charge is 0.204 e. The number of phenols is 4. The van der Waals surface area contributed by atoms with E-state index in [4.69, 9.17) is 9.15 Å². The second-order valence-corrected chi connectivity index (χ2v) is 6.60. The normalized spacial score (nSPS) is 25.4. The molecule has 0 radical (unpaired) electrons. The third-order valence-electron chi connectivity index (χ3n) is 4.84. The standard InChI is InChI=1S/C18H16O10/c19-6-1-5-10(2-7(6)20)28-11-3-8(21)12(16(25)13(11)14(5)23)18-17(26)15(24)9(22)4-27-18/h1-3,9,15,17-22,24-26H,4H2/t9-,15+,17-,18+/m1/s1. The van der Waals surface area contributed by atoms with Gasteiger partial charge in [0.25, 0.3) is 0 Å². The summed E-state index contributed by atoms with van der Waals surface area (Å²) in [5.74, 6) is -2.42. The van der Waals surface area contributed by atoms with E-state index in [0.29, 0.717) is 0 Å². The van der Waals surface area contributed by atoms with Gasteiger partial charge in [-0.1, -0.05) is 0 Å². The van der Waals surface area contributed by atoms with Crippen LogP contribution in [-0.4, -0.2) is 60.7 Å². The van der Waals surface area contributed by atoms with Crippen LogP contribution in [-0.2, 0) is 4.74 Å². The van der Waals surface area contributed by atoms with Gasteiger partial charge in [-0.15, -0.1) is 0 Å². The van der Waals surface area contributed by atoms with Gasteiger partial charge in [-0.2, -0.15) is 0 Å². The highest BCUT2D eigenvalue weighted by Gasteiger charge is 2.41. The van der Waals surface area contributed by atoms with Crippen LogP contribution in [0, 0.1) is 0 Å². The fourth-order valence-corrected chi connectivity index (χ4v) is 3.36. The van der Waals surface area contributed by atoms with Gasteiger partial charge in [0.1, 0.15) is 52.5 Å². The zero-order chi connectivity index (χ0) is 20.3. The molecule has 0 amide bonds. The largest absolute Gasteiger partial charge is 0.507 e. The quantitative estimate of drug-likeness (QED) is 0.219. The van der Waals surface area contributed by atoms with Gasteiger partial charge >= 0.3 is 0 Å². The third kappa shape index (κ3) is 2.54. The predicted molar refractivity (Wildman–Crippen MR) is 93.4 cm³/mol. The summed E-state index contributed by atoms with van der Waals surface area (Å²) in [4.78, 5) is 12.8. The van der Waals surface area contributed by atoms with Crippen LogP contribution in [0.25, 0.3) is 21.9 Å². The first kappa shape index (κ1) is 18.3. The van der Waals surface area contributed by atoms with Crippen LogP contribution in [0.5, 0.6) is 23.0 Å². The van der Waals surface area contributed by atoms with Gasteiger partial charge in [-0.05, 0) is 6.07 Å².